The summed E-state index contributed by atoms with van der Waals surface area (Å²) in [5.74, 6) is -0.428. The van der Waals surface area contributed by atoms with Gasteiger partial charge in [-0.3, -0.25) is 4.90 Å². The average molecular weight is 294 g/mol. The largest absolute Gasteiger partial charge is 0.465 e. The molecule has 0 amide bonds. The maximum Gasteiger partial charge on any atom is 0.340 e. The number of ether oxygens (including phenoxy) is 2. The van der Waals surface area contributed by atoms with Gasteiger partial charge in [-0.25, -0.2) is 4.79 Å². The number of nitrogens with zero attached hydrogens (tertiary/aromatic N) is 1. The molecule has 1 fully saturated rings. The Labute approximate surface area is 124 Å². The molecule has 0 aliphatic carbocycles. The van der Waals surface area contributed by atoms with E-state index in [1.807, 2.05) is 19.1 Å². The van der Waals surface area contributed by atoms with Crippen LogP contribution in [-0.4, -0.2) is 55.0 Å². The second-order valence-corrected chi connectivity index (χ2v) is 5.32. The van der Waals surface area contributed by atoms with Gasteiger partial charge in [-0.2, -0.15) is 0 Å². The fourth-order valence-corrected chi connectivity index (χ4v) is 2.71. The molecule has 0 bridgehead atoms. The van der Waals surface area contributed by atoms with Crippen molar-refractivity contribution in [2.24, 2.45) is 0 Å². The molecule has 2 rings (SSSR count). The topological polar surface area (TPSA) is 85.0 Å². The molecule has 0 spiro atoms. The molecule has 2 atom stereocenters. The van der Waals surface area contributed by atoms with Gasteiger partial charge in [0.25, 0.3) is 0 Å². The summed E-state index contributed by atoms with van der Waals surface area (Å²) in [7, 11) is 1.34. The van der Waals surface area contributed by atoms with E-state index in [1.54, 1.807) is 6.07 Å². The number of benzene rings is 1. The normalized spacial score (nSPS) is 23.0. The summed E-state index contributed by atoms with van der Waals surface area (Å²) in [6.07, 6.45) is -0.157. The number of morpholine rings is 1. The van der Waals surface area contributed by atoms with Crippen molar-refractivity contribution in [1.82, 2.24) is 4.90 Å². The number of anilines is 1. The van der Waals surface area contributed by atoms with E-state index in [2.05, 4.69) is 4.90 Å². The second kappa shape index (κ2) is 6.89. The summed E-state index contributed by atoms with van der Waals surface area (Å²) in [5, 5.41) is 9.27. The van der Waals surface area contributed by atoms with E-state index in [4.69, 9.17) is 15.2 Å². The van der Waals surface area contributed by atoms with E-state index in [-0.39, 0.29) is 18.8 Å². The van der Waals surface area contributed by atoms with Crippen LogP contribution in [0.25, 0.3) is 0 Å². The Morgan fingerprint density at radius 1 is 1.52 bits per heavy atom. The van der Waals surface area contributed by atoms with Gasteiger partial charge in [-0.1, -0.05) is 12.1 Å². The smallest absolute Gasteiger partial charge is 0.340 e. The van der Waals surface area contributed by atoms with Crippen molar-refractivity contribution in [2.75, 3.05) is 32.5 Å². The molecule has 21 heavy (non-hydrogen) atoms. The second-order valence-electron chi connectivity index (χ2n) is 5.32. The molecule has 0 radical (unpaired) electrons. The molecule has 116 valence electrons. The summed E-state index contributed by atoms with van der Waals surface area (Å²) in [6.45, 7) is 3.89. The Morgan fingerprint density at radius 2 is 2.29 bits per heavy atom. The van der Waals surface area contributed by atoms with Gasteiger partial charge in [0.15, 0.2) is 0 Å². The van der Waals surface area contributed by atoms with Crippen molar-refractivity contribution >= 4 is 11.7 Å². The first-order chi connectivity index (χ1) is 10.0. The Bertz CT molecular complexity index is 506. The zero-order valence-electron chi connectivity index (χ0n) is 12.4. The number of hydrogen-bond acceptors (Lipinski definition) is 6. The Hall–Kier alpha value is -1.63. The molecule has 6 nitrogen and oxygen atoms in total. The molecule has 1 heterocycles. The molecular formula is C15H22N2O4. The minimum absolute atomic E-state index is 0.0123. The number of aliphatic hydroxyl groups is 1. The predicted molar refractivity (Wildman–Crippen MR) is 78.9 cm³/mol. The Balaban J connectivity index is 2.19. The lowest BCUT2D eigenvalue weighted by molar-refractivity contribution is -0.0972. The van der Waals surface area contributed by atoms with E-state index in [9.17, 15) is 9.90 Å². The molecule has 1 aromatic carbocycles. The first-order valence-corrected chi connectivity index (χ1v) is 6.99. The highest BCUT2D eigenvalue weighted by Gasteiger charge is 2.26. The van der Waals surface area contributed by atoms with Crippen LogP contribution in [0.3, 0.4) is 0 Å². The van der Waals surface area contributed by atoms with E-state index < -0.39 is 5.97 Å². The molecule has 1 saturated heterocycles. The number of methoxy groups -OCH3 is 1. The monoisotopic (exact) mass is 294 g/mol. The van der Waals surface area contributed by atoms with Gasteiger partial charge in [0.05, 0.1) is 31.5 Å². The zero-order valence-corrected chi connectivity index (χ0v) is 12.4. The van der Waals surface area contributed by atoms with Gasteiger partial charge in [-0.15, -0.1) is 0 Å². The number of esters is 1. The number of rotatable bonds is 4. The molecule has 0 saturated carbocycles. The van der Waals surface area contributed by atoms with Gasteiger partial charge >= 0.3 is 5.97 Å². The lowest BCUT2D eigenvalue weighted by atomic mass is 10.0. The van der Waals surface area contributed by atoms with Crippen LogP contribution in [0.2, 0.25) is 0 Å². The van der Waals surface area contributed by atoms with E-state index in [0.717, 1.165) is 12.1 Å². The third-order valence-corrected chi connectivity index (χ3v) is 3.57. The van der Waals surface area contributed by atoms with Gasteiger partial charge < -0.3 is 20.3 Å². The van der Waals surface area contributed by atoms with Crippen LogP contribution in [0.4, 0.5) is 5.69 Å². The minimum Gasteiger partial charge on any atom is -0.465 e. The van der Waals surface area contributed by atoms with Gasteiger partial charge in [-0.05, 0) is 18.6 Å². The molecule has 1 aliphatic rings. The van der Waals surface area contributed by atoms with Crippen LogP contribution in [0, 0.1) is 0 Å². The highest BCUT2D eigenvalue weighted by Crippen LogP contribution is 2.21. The maximum absolute atomic E-state index is 11.9. The van der Waals surface area contributed by atoms with Gasteiger partial charge in [0.2, 0.25) is 0 Å². The number of nitrogen functional groups attached to an aromatic ring is 1. The highest BCUT2D eigenvalue weighted by atomic mass is 16.5. The molecule has 1 aromatic rings. The summed E-state index contributed by atoms with van der Waals surface area (Å²) >= 11 is 0. The Morgan fingerprint density at radius 3 is 2.95 bits per heavy atom. The third kappa shape index (κ3) is 3.72. The van der Waals surface area contributed by atoms with Crippen molar-refractivity contribution in [2.45, 2.75) is 25.7 Å². The van der Waals surface area contributed by atoms with Crippen LogP contribution in [0.5, 0.6) is 0 Å². The quantitative estimate of drug-likeness (QED) is 0.626. The Kier molecular flexibility index (Phi) is 5.17. The number of hydrogen-bond donors (Lipinski definition) is 2. The lowest BCUT2D eigenvalue weighted by Gasteiger charge is -2.36. The standard InChI is InChI=1S/C15H22N2O4/c1-10-6-17(8-12(9-18)21-10)7-11-4-3-5-13(16)14(11)15(19)20-2/h3-5,10,12,18H,6-9,16H2,1-2H3. The van der Waals surface area contributed by atoms with Crippen LogP contribution in [0.15, 0.2) is 18.2 Å². The third-order valence-electron chi connectivity index (χ3n) is 3.57. The fraction of sp³-hybridized carbons (Fsp3) is 0.533. The number of aliphatic hydroxyl groups excluding tert-OH is 1. The first-order valence-electron chi connectivity index (χ1n) is 6.99. The fourth-order valence-electron chi connectivity index (χ4n) is 2.71. The number of nitrogens with two attached hydrogens (primary N) is 1. The van der Waals surface area contributed by atoms with E-state index >= 15 is 0 Å². The minimum atomic E-state index is -0.428. The number of carbonyl (C=O) groups excluding carboxylic acids is 1. The highest BCUT2D eigenvalue weighted by molar-refractivity contribution is 5.96. The lowest BCUT2D eigenvalue weighted by Crippen LogP contribution is -2.47. The van der Waals surface area contributed by atoms with Crippen molar-refractivity contribution in [3.63, 3.8) is 0 Å². The van der Waals surface area contributed by atoms with Crippen molar-refractivity contribution in [3.8, 4) is 0 Å². The molecule has 6 heteroatoms. The van der Waals surface area contributed by atoms with Crippen LogP contribution in [0.1, 0.15) is 22.8 Å². The molecule has 0 aromatic heterocycles. The molecular weight excluding hydrogens is 272 g/mol. The molecule has 3 N–H and O–H groups in total. The summed E-state index contributed by atoms with van der Waals surface area (Å²) in [5.41, 5.74) is 7.56. The molecule has 2 unspecified atom stereocenters. The van der Waals surface area contributed by atoms with Gasteiger partial charge in [0.1, 0.15) is 0 Å². The maximum atomic E-state index is 11.9. The van der Waals surface area contributed by atoms with Crippen molar-refractivity contribution in [3.05, 3.63) is 29.3 Å². The van der Waals surface area contributed by atoms with Crippen molar-refractivity contribution < 1.29 is 19.4 Å². The SMILES string of the molecule is COC(=O)c1c(N)cccc1CN1CC(C)OC(CO)C1. The van der Waals surface area contributed by atoms with Crippen LogP contribution in [-0.2, 0) is 16.0 Å². The van der Waals surface area contributed by atoms with E-state index in [1.165, 1.54) is 7.11 Å². The molecule has 1 aliphatic heterocycles. The summed E-state index contributed by atoms with van der Waals surface area (Å²) in [4.78, 5) is 14.0. The van der Waals surface area contributed by atoms with Crippen molar-refractivity contribution in [1.29, 1.82) is 0 Å². The predicted octanol–water partition coefficient (Wildman–Crippen LogP) is 0.637. The first kappa shape index (κ1) is 15.8. The van der Waals surface area contributed by atoms with Gasteiger partial charge in [0, 0.05) is 25.3 Å². The summed E-state index contributed by atoms with van der Waals surface area (Å²) in [6, 6.07) is 5.38. The van der Waals surface area contributed by atoms with Crippen LogP contribution >= 0.6 is 0 Å². The van der Waals surface area contributed by atoms with Crippen LogP contribution < -0.4 is 5.73 Å². The van der Waals surface area contributed by atoms with E-state index in [0.29, 0.717) is 24.3 Å². The summed E-state index contributed by atoms with van der Waals surface area (Å²) < 4.78 is 10.4. The zero-order chi connectivity index (χ0) is 15.4. The number of carbonyl (C=O) groups is 1. The average Bonchev–Trinajstić information content (AvgIpc) is 2.46.